The second-order valence-corrected chi connectivity index (χ2v) is 10.0. The zero-order valence-electron chi connectivity index (χ0n) is 19.7. The van der Waals surface area contributed by atoms with Gasteiger partial charge in [-0.2, -0.15) is 0 Å². The van der Waals surface area contributed by atoms with Crippen LogP contribution in [0, 0.1) is 17.6 Å². The van der Waals surface area contributed by atoms with Crippen LogP contribution in [-0.4, -0.2) is 52.1 Å². The van der Waals surface area contributed by atoms with Gasteiger partial charge >= 0.3 is 5.97 Å². The molecule has 6 rings (SSSR count). The van der Waals surface area contributed by atoms with Crippen molar-refractivity contribution in [3.8, 4) is 11.1 Å². The van der Waals surface area contributed by atoms with E-state index in [1.807, 2.05) is 18.0 Å². The van der Waals surface area contributed by atoms with E-state index in [4.69, 9.17) is 0 Å². The molecule has 6 nitrogen and oxygen atoms in total. The summed E-state index contributed by atoms with van der Waals surface area (Å²) in [4.78, 5) is 23.8. The Bertz CT molecular complexity index is 1360. The van der Waals surface area contributed by atoms with Gasteiger partial charge in [0.2, 0.25) is 0 Å². The van der Waals surface area contributed by atoms with Crippen LogP contribution >= 0.6 is 0 Å². The third kappa shape index (κ3) is 3.71. The number of anilines is 1. The van der Waals surface area contributed by atoms with Gasteiger partial charge in [-0.25, -0.2) is 13.8 Å². The third-order valence-corrected chi connectivity index (χ3v) is 8.06. The second kappa shape index (κ2) is 8.45. The van der Waals surface area contributed by atoms with Gasteiger partial charge in [-0.15, -0.1) is 0 Å². The van der Waals surface area contributed by atoms with Gasteiger partial charge < -0.3 is 15.0 Å². The van der Waals surface area contributed by atoms with Crippen LogP contribution in [-0.2, 0) is 11.3 Å². The van der Waals surface area contributed by atoms with Gasteiger partial charge in [0.25, 0.3) is 0 Å². The largest absolute Gasteiger partial charge is 0.481 e. The van der Waals surface area contributed by atoms with E-state index in [1.54, 1.807) is 6.20 Å². The first-order chi connectivity index (χ1) is 16.9. The van der Waals surface area contributed by atoms with E-state index in [9.17, 15) is 18.7 Å². The number of pyridine rings is 1. The van der Waals surface area contributed by atoms with Gasteiger partial charge in [0.05, 0.1) is 5.92 Å². The number of aromatic amines is 1. The minimum absolute atomic E-state index is 0.199. The Morgan fingerprint density at radius 3 is 2.63 bits per heavy atom. The molecule has 1 saturated carbocycles. The minimum Gasteiger partial charge on any atom is -0.481 e. The smallest absolute Gasteiger partial charge is 0.306 e. The number of halogens is 2. The molecule has 0 atom stereocenters. The molecular formula is C27H28F2N4O2. The molecule has 1 aliphatic carbocycles. The average Bonchev–Trinajstić information content (AvgIpc) is 3.18. The number of fused-ring (bicyclic) bond motifs is 2. The first-order valence-electron chi connectivity index (χ1n) is 12.3. The number of carbonyl (C=O) groups is 1. The SMILES string of the molecule is CN1Cc2c(C3=CCN(C4CCC(C(=O)O)CC4)CC3)[nH]c3nccc(c23)-c2cc(F)c(F)cc21. The molecule has 0 amide bonds. The molecule has 35 heavy (non-hydrogen) atoms. The Kier molecular flexibility index (Phi) is 5.36. The normalized spacial score (nSPS) is 22.6. The van der Waals surface area contributed by atoms with E-state index in [0.717, 1.165) is 73.0 Å². The van der Waals surface area contributed by atoms with Crippen LogP contribution in [0.3, 0.4) is 0 Å². The molecule has 0 unspecified atom stereocenters. The highest BCUT2D eigenvalue weighted by Gasteiger charge is 2.31. The van der Waals surface area contributed by atoms with E-state index in [2.05, 4.69) is 20.9 Å². The molecule has 3 aromatic rings. The van der Waals surface area contributed by atoms with Crippen molar-refractivity contribution < 1.29 is 18.7 Å². The summed E-state index contributed by atoms with van der Waals surface area (Å²) in [7, 11) is 1.91. The molecule has 0 saturated heterocycles. The molecule has 1 aromatic carbocycles. The number of aliphatic carboxylic acids is 1. The van der Waals surface area contributed by atoms with E-state index in [0.29, 0.717) is 23.8 Å². The van der Waals surface area contributed by atoms with Crippen LogP contribution in [0.5, 0.6) is 0 Å². The van der Waals surface area contributed by atoms with Crippen LogP contribution in [0.15, 0.2) is 30.5 Å². The summed E-state index contributed by atoms with van der Waals surface area (Å²) in [5.41, 5.74) is 6.34. The summed E-state index contributed by atoms with van der Waals surface area (Å²) in [5.74, 6) is -2.57. The van der Waals surface area contributed by atoms with Crippen LogP contribution in [0.25, 0.3) is 27.7 Å². The number of carboxylic acid groups (broad SMARTS) is 1. The number of H-pyrrole nitrogens is 1. The Hall–Kier alpha value is -3.26. The monoisotopic (exact) mass is 478 g/mol. The lowest BCUT2D eigenvalue weighted by Crippen LogP contribution is -2.41. The number of carboxylic acids is 1. The Labute approximate surface area is 202 Å². The van der Waals surface area contributed by atoms with Crippen molar-refractivity contribution in [2.75, 3.05) is 25.0 Å². The zero-order chi connectivity index (χ0) is 24.3. The topological polar surface area (TPSA) is 72.5 Å². The van der Waals surface area contributed by atoms with E-state index < -0.39 is 17.6 Å². The van der Waals surface area contributed by atoms with Crippen LogP contribution in [0.1, 0.15) is 43.4 Å². The van der Waals surface area contributed by atoms with Gasteiger partial charge in [-0.05, 0) is 55.4 Å². The second-order valence-electron chi connectivity index (χ2n) is 10.0. The van der Waals surface area contributed by atoms with Crippen molar-refractivity contribution >= 4 is 28.3 Å². The van der Waals surface area contributed by atoms with Crippen molar-refractivity contribution in [2.45, 2.75) is 44.7 Å². The molecule has 0 spiro atoms. The number of hydrogen-bond acceptors (Lipinski definition) is 4. The van der Waals surface area contributed by atoms with Crippen LogP contribution in [0.4, 0.5) is 14.5 Å². The summed E-state index contributed by atoms with van der Waals surface area (Å²) in [6, 6.07) is 4.88. The fraction of sp³-hybridized carbons (Fsp3) is 0.407. The Balaban J connectivity index is 1.32. The summed E-state index contributed by atoms with van der Waals surface area (Å²) in [6.45, 7) is 2.32. The highest BCUT2D eigenvalue weighted by Crippen LogP contribution is 2.44. The molecule has 1 fully saturated rings. The van der Waals surface area contributed by atoms with Gasteiger partial charge in [0.1, 0.15) is 5.65 Å². The molecule has 2 aromatic heterocycles. The van der Waals surface area contributed by atoms with E-state index in [1.165, 1.54) is 17.7 Å². The lowest BCUT2D eigenvalue weighted by Gasteiger charge is -2.37. The molecular weight excluding hydrogens is 450 g/mol. The maximum Gasteiger partial charge on any atom is 0.306 e. The Morgan fingerprint density at radius 2 is 1.91 bits per heavy atom. The molecule has 2 aliphatic heterocycles. The minimum atomic E-state index is -0.853. The molecule has 2 N–H and O–H groups in total. The highest BCUT2D eigenvalue weighted by atomic mass is 19.2. The number of benzene rings is 1. The van der Waals surface area contributed by atoms with Crippen molar-refractivity contribution in [3.63, 3.8) is 0 Å². The lowest BCUT2D eigenvalue weighted by atomic mass is 9.84. The first kappa shape index (κ1) is 22.2. The molecule has 0 bridgehead atoms. The fourth-order valence-corrected chi connectivity index (χ4v) is 6.16. The molecule has 3 aliphatic rings. The standard InChI is InChI=1S/C27H28F2N4O2/c1-32-14-20-24-18(19-12-21(28)22(29)13-23(19)32)6-9-30-26(24)31-25(20)15-7-10-33(11-8-15)17-4-2-16(3-5-17)27(34)35/h6-7,9,12-13,16-17H,2-5,8,10-11,14H2,1H3,(H,30,31)(H,34,35). The van der Waals surface area contributed by atoms with Gasteiger partial charge in [0, 0.05) is 72.9 Å². The zero-order valence-corrected chi connectivity index (χ0v) is 19.7. The number of nitrogens with zero attached hydrogens (tertiary/aromatic N) is 3. The quantitative estimate of drug-likeness (QED) is 0.542. The fourth-order valence-electron chi connectivity index (χ4n) is 6.16. The molecule has 0 radical (unpaired) electrons. The van der Waals surface area contributed by atoms with Gasteiger partial charge in [0.15, 0.2) is 11.6 Å². The lowest BCUT2D eigenvalue weighted by molar-refractivity contribution is -0.143. The maximum atomic E-state index is 14.2. The number of hydrogen-bond donors (Lipinski definition) is 2. The van der Waals surface area contributed by atoms with Crippen molar-refractivity contribution in [1.29, 1.82) is 0 Å². The summed E-state index contributed by atoms with van der Waals surface area (Å²) in [5, 5.41) is 10.2. The Morgan fingerprint density at radius 1 is 1.14 bits per heavy atom. The van der Waals surface area contributed by atoms with Crippen LogP contribution < -0.4 is 4.90 Å². The van der Waals surface area contributed by atoms with Crippen molar-refractivity contribution in [3.05, 3.63) is 53.4 Å². The van der Waals surface area contributed by atoms with E-state index in [-0.39, 0.29) is 5.92 Å². The van der Waals surface area contributed by atoms with Gasteiger partial charge in [-0.1, -0.05) is 6.08 Å². The van der Waals surface area contributed by atoms with Crippen molar-refractivity contribution in [1.82, 2.24) is 14.9 Å². The summed E-state index contributed by atoms with van der Waals surface area (Å²) in [6.07, 6.45) is 8.23. The highest BCUT2D eigenvalue weighted by molar-refractivity contribution is 6.02. The molecule has 8 heteroatoms. The summed E-state index contributed by atoms with van der Waals surface area (Å²) >= 11 is 0. The predicted molar refractivity (Wildman–Crippen MR) is 131 cm³/mol. The number of nitrogens with one attached hydrogen (secondary N) is 1. The number of aromatic nitrogens is 2. The van der Waals surface area contributed by atoms with Crippen molar-refractivity contribution in [2.24, 2.45) is 5.92 Å². The van der Waals surface area contributed by atoms with E-state index >= 15 is 0 Å². The van der Waals surface area contributed by atoms with Gasteiger partial charge in [-0.3, -0.25) is 9.69 Å². The maximum absolute atomic E-state index is 14.2. The molecule has 4 heterocycles. The summed E-state index contributed by atoms with van der Waals surface area (Å²) < 4.78 is 28.3. The molecule has 182 valence electrons. The van der Waals surface area contributed by atoms with Crippen LogP contribution in [0.2, 0.25) is 0 Å². The predicted octanol–water partition coefficient (Wildman–Crippen LogP) is 5.19. The number of rotatable bonds is 3. The average molecular weight is 479 g/mol. The third-order valence-electron chi connectivity index (χ3n) is 8.06. The first-order valence-corrected chi connectivity index (χ1v) is 12.3.